The number of pyridine rings is 1. The second-order valence-corrected chi connectivity index (χ2v) is 6.61. The molecular weight excluding hydrogens is 364 g/mol. The Morgan fingerprint density at radius 3 is 2.81 bits per heavy atom. The fourth-order valence-electron chi connectivity index (χ4n) is 2.88. The van der Waals surface area contributed by atoms with Gasteiger partial charge >= 0.3 is 0 Å². The quantitative estimate of drug-likeness (QED) is 0.730. The minimum Gasteiger partial charge on any atom is -0.392 e. The molecule has 0 radical (unpaired) electrons. The number of aromatic nitrogens is 2. The predicted molar refractivity (Wildman–Crippen MR) is 93.2 cm³/mol. The molecule has 2 atom stereocenters. The number of carbonyl (C=O) groups excluding carboxylic acids is 1. The minimum atomic E-state index is -1.07. The van der Waals surface area contributed by atoms with Crippen molar-refractivity contribution in [3.8, 4) is 11.1 Å². The van der Waals surface area contributed by atoms with Gasteiger partial charge in [-0.1, -0.05) is 17.7 Å². The van der Waals surface area contributed by atoms with Gasteiger partial charge in [-0.15, -0.1) is 0 Å². The average molecular weight is 378 g/mol. The lowest BCUT2D eigenvalue weighted by Gasteiger charge is -2.10. The zero-order chi connectivity index (χ0) is 18.4. The Kier molecular flexibility index (Phi) is 4.13. The van der Waals surface area contributed by atoms with Crippen LogP contribution < -0.4 is 5.32 Å². The highest BCUT2D eigenvalue weighted by atomic mass is 35.5. The van der Waals surface area contributed by atoms with Crippen LogP contribution in [0.1, 0.15) is 12.0 Å². The molecule has 8 heteroatoms. The van der Waals surface area contributed by atoms with Crippen molar-refractivity contribution in [3.05, 3.63) is 53.1 Å². The molecule has 4 rings (SSSR count). The van der Waals surface area contributed by atoms with Gasteiger partial charge in [0.2, 0.25) is 5.91 Å². The van der Waals surface area contributed by atoms with Gasteiger partial charge in [0.1, 0.15) is 17.6 Å². The van der Waals surface area contributed by atoms with Crippen molar-refractivity contribution in [3.63, 3.8) is 0 Å². The maximum absolute atomic E-state index is 14.1. The predicted octanol–water partition coefficient (Wildman–Crippen LogP) is 3.58. The van der Waals surface area contributed by atoms with E-state index in [2.05, 4.69) is 10.3 Å². The summed E-state index contributed by atoms with van der Waals surface area (Å²) in [5.41, 5.74) is 1.83. The van der Waals surface area contributed by atoms with E-state index in [1.807, 2.05) is 0 Å². The molecule has 1 aromatic carbocycles. The number of nitrogens with zero attached hydrogens (tertiary/aromatic N) is 2. The van der Waals surface area contributed by atoms with Crippen molar-refractivity contribution in [2.24, 2.45) is 5.92 Å². The number of anilines is 1. The Labute approximate surface area is 152 Å². The SMILES string of the molecule is O=C(Nc1cn2cc(-c3ccc(Cl)c(F)c3CO)ccc2n1)C1CC1F. The molecule has 2 aromatic heterocycles. The lowest BCUT2D eigenvalue weighted by atomic mass is 10.0. The Morgan fingerprint density at radius 2 is 2.12 bits per heavy atom. The van der Waals surface area contributed by atoms with Gasteiger partial charge in [-0.05, 0) is 35.7 Å². The number of aliphatic hydroxyl groups is 1. The number of alkyl halides is 1. The number of rotatable bonds is 4. The number of nitrogens with one attached hydrogen (secondary N) is 1. The Bertz CT molecular complexity index is 1020. The van der Waals surface area contributed by atoms with Crippen LogP contribution in [-0.2, 0) is 11.4 Å². The van der Waals surface area contributed by atoms with E-state index in [-0.39, 0.29) is 22.9 Å². The highest BCUT2D eigenvalue weighted by Crippen LogP contribution is 2.35. The molecular formula is C18H14ClF2N3O2. The summed E-state index contributed by atoms with van der Waals surface area (Å²) >= 11 is 5.77. The van der Waals surface area contributed by atoms with Gasteiger partial charge < -0.3 is 14.8 Å². The van der Waals surface area contributed by atoms with Crippen LogP contribution >= 0.6 is 11.6 Å². The maximum atomic E-state index is 14.1. The molecule has 1 aliphatic carbocycles. The summed E-state index contributed by atoms with van der Waals surface area (Å²) in [5, 5.41) is 12.0. The minimum absolute atomic E-state index is 0.0576. The first-order valence-electron chi connectivity index (χ1n) is 7.99. The molecule has 3 aromatic rings. The molecule has 1 saturated carbocycles. The number of imidazole rings is 1. The van der Waals surface area contributed by atoms with Crippen LogP contribution in [0.2, 0.25) is 5.02 Å². The van der Waals surface area contributed by atoms with Crippen molar-refractivity contribution in [2.75, 3.05) is 5.32 Å². The van der Waals surface area contributed by atoms with Crippen molar-refractivity contribution in [2.45, 2.75) is 19.2 Å². The van der Waals surface area contributed by atoms with Crippen LogP contribution in [-0.4, -0.2) is 26.6 Å². The molecule has 1 aliphatic rings. The first-order chi connectivity index (χ1) is 12.5. The van der Waals surface area contributed by atoms with Gasteiger partial charge in [0.15, 0.2) is 5.82 Å². The fraction of sp³-hybridized carbons (Fsp3) is 0.222. The van der Waals surface area contributed by atoms with Crippen LogP contribution in [0.4, 0.5) is 14.6 Å². The largest absolute Gasteiger partial charge is 0.392 e. The second-order valence-electron chi connectivity index (χ2n) is 6.20. The lowest BCUT2D eigenvalue weighted by molar-refractivity contribution is -0.117. The van der Waals surface area contributed by atoms with Gasteiger partial charge in [-0.3, -0.25) is 4.79 Å². The number of amides is 1. The van der Waals surface area contributed by atoms with E-state index in [0.29, 0.717) is 22.6 Å². The lowest BCUT2D eigenvalue weighted by Crippen LogP contribution is -2.15. The number of hydrogen-bond donors (Lipinski definition) is 2. The molecule has 0 bridgehead atoms. The smallest absolute Gasteiger partial charge is 0.231 e. The Hall–Kier alpha value is -2.51. The standard InChI is InChI=1S/C18H14ClF2N3O2/c19-13-3-2-10(12(8-25)17(13)21)9-1-4-16-22-15(7-24(16)6-9)23-18(26)11-5-14(11)20/h1-4,6-7,11,14,25H,5,8H2,(H,23,26). The third kappa shape index (κ3) is 2.93. The highest BCUT2D eigenvalue weighted by molar-refractivity contribution is 6.30. The Morgan fingerprint density at radius 1 is 1.35 bits per heavy atom. The van der Waals surface area contributed by atoms with E-state index < -0.39 is 24.5 Å². The molecule has 26 heavy (non-hydrogen) atoms. The van der Waals surface area contributed by atoms with E-state index in [1.165, 1.54) is 6.07 Å². The third-order valence-electron chi connectivity index (χ3n) is 4.42. The molecule has 5 nitrogen and oxygen atoms in total. The van der Waals surface area contributed by atoms with Gasteiger partial charge in [0.05, 0.1) is 23.7 Å². The summed E-state index contributed by atoms with van der Waals surface area (Å²) in [6.45, 7) is -0.489. The molecule has 0 spiro atoms. The number of halogens is 3. The summed E-state index contributed by atoms with van der Waals surface area (Å²) in [5.74, 6) is -1.32. The van der Waals surface area contributed by atoms with Crippen molar-refractivity contribution in [1.29, 1.82) is 0 Å². The zero-order valence-corrected chi connectivity index (χ0v) is 14.2. The van der Waals surface area contributed by atoms with E-state index in [4.69, 9.17) is 11.6 Å². The topological polar surface area (TPSA) is 66.6 Å². The number of benzene rings is 1. The molecule has 2 unspecified atom stereocenters. The third-order valence-corrected chi connectivity index (χ3v) is 4.71. The van der Waals surface area contributed by atoms with Crippen LogP contribution in [0.3, 0.4) is 0 Å². The number of fused-ring (bicyclic) bond motifs is 1. The number of hydrogen-bond acceptors (Lipinski definition) is 3. The van der Waals surface area contributed by atoms with Crippen molar-refractivity contribution >= 4 is 29.0 Å². The van der Waals surface area contributed by atoms with Crippen LogP contribution in [0.25, 0.3) is 16.8 Å². The monoisotopic (exact) mass is 377 g/mol. The summed E-state index contributed by atoms with van der Waals surface area (Å²) in [6.07, 6.45) is 2.47. The van der Waals surface area contributed by atoms with Gasteiger partial charge in [0, 0.05) is 11.8 Å². The summed E-state index contributed by atoms with van der Waals surface area (Å²) in [7, 11) is 0. The first-order valence-corrected chi connectivity index (χ1v) is 8.37. The number of aliphatic hydroxyl groups excluding tert-OH is 1. The number of carbonyl (C=O) groups is 1. The molecule has 2 N–H and O–H groups in total. The van der Waals surface area contributed by atoms with Gasteiger partial charge in [-0.2, -0.15) is 0 Å². The van der Waals surface area contributed by atoms with Crippen molar-refractivity contribution in [1.82, 2.24) is 9.38 Å². The second kappa shape index (κ2) is 6.34. The van der Waals surface area contributed by atoms with E-state index >= 15 is 0 Å². The van der Waals surface area contributed by atoms with Crippen LogP contribution in [0.5, 0.6) is 0 Å². The fourth-order valence-corrected chi connectivity index (χ4v) is 3.06. The first kappa shape index (κ1) is 16.9. The molecule has 1 amide bonds. The summed E-state index contributed by atoms with van der Waals surface area (Å²) in [4.78, 5) is 16.1. The van der Waals surface area contributed by atoms with Gasteiger partial charge in [0.25, 0.3) is 0 Å². The van der Waals surface area contributed by atoms with E-state index in [1.54, 1.807) is 35.0 Å². The summed E-state index contributed by atoms with van der Waals surface area (Å²) in [6, 6.07) is 6.49. The average Bonchev–Trinajstić information content (AvgIpc) is 3.22. The zero-order valence-electron chi connectivity index (χ0n) is 13.4. The molecule has 0 saturated heterocycles. The highest BCUT2D eigenvalue weighted by Gasteiger charge is 2.43. The summed E-state index contributed by atoms with van der Waals surface area (Å²) < 4.78 is 28.8. The van der Waals surface area contributed by atoms with Crippen LogP contribution in [0, 0.1) is 11.7 Å². The maximum Gasteiger partial charge on any atom is 0.231 e. The van der Waals surface area contributed by atoms with Gasteiger partial charge in [-0.25, -0.2) is 13.8 Å². The van der Waals surface area contributed by atoms with E-state index in [0.717, 1.165) is 0 Å². The molecule has 2 heterocycles. The normalized spacial score (nSPS) is 18.9. The Balaban J connectivity index is 1.68. The van der Waals surface area contributed by atoms with E-state index in [9.17, 15) is 18.7 Å². The van der Waals surface area contributed by atoms with Crippen molar-refractivity contribution < 1.29 is 18.7 Å². The molecule has 134 valence electrons. The van der Waals surface area contributed by atoms with Crippen LogP contribution in [0.15, 0.2) is 36.7 Å². The molecule has 1 fully saturated rings. The molecule has 0 aliphatic heterocycles.